The van der Waals surface area contributed by atoms with Crippen molar-refractivity contribution in [1.82, 2.24) is 15.1 Å². The molecule has 3 amide bonds. The predicted molar refractivity (Wildman–Crippen MR) is 99.9 cm³/mol. The Morgan fingerprint density at radius 1 is 1.20 bits per heavy atom. The maximum atomic E-state index is 12.7. The highest BCUT2D eigenvalue weighted by atomic mass is 19.4. The molecule has 3 saturated heterocycles. The third kappa shape index (κ3) is 4.33. The van der Waals surface area contributed by atoms with Crippen LogP contribution in [-0.2, 0) is 15.7 Å². The van der Waals surface area contributed by atoms with E-state index >= 15 is 0 Å². The predicted octanol–water partition coefficient (Wildman–Crippen LogP) is 2.11. The first-order valence-corrected chi connectivity index (χ1v) is 9.99. The molecule has 3 aliphatic heterocycles. The molecule has 7 nitrogen and oxygen atoms in total. The average Bonchev–Trinajstić information content (AvgIpc) is 2.65. The fourth-order valence-electron chi connectivity index (χ4n) is 4.07. The molecule has 1 aromatic rings. The summed E-state index contributed by atoms with van der Waals surface area (Å²) in [4.78, 5) is 27.7. The molecular formula is C20H24F3N3O4. The van der Waals surface area contributed by atoms with Gasteiger partial charge in [-0.2, -0.15) is 13.2 Å². The molecule has 4 rings (SSSR count). The van der Waals surface area contributed by atoms with E-state index in [1.807, 2.05) is 6.92 Å². The molecule has 0 unspecified atom stereocenters. The molecular weight excluding hydrogens is 403 g/mol. The quantitative estimate of drug-likeness (QED) is 0.802. The molecule has 0 aromatic heterocycles. The van der Waals surface area contributed by atoms with Gasteiger partial charge < -0.3 is 24.6 Å². The number of alkyl halides is 3. The number of nitrogens with one attached hydrogen (secondary N) is 1. The molecule has 0 spiro atoms. The Bertz CT molecular complexity index is 795. The zero-order chi connectivity index (χ0) is 21.5. The van der Waals surface area contributed by atoms with Crippen molar-refractivity contribution >= 4 is 11.9 Å². The van der Waals surface area contributed by atoms with Crippen molar-refractivity contribution < 1.29 is 32.2 Å². The van der Waals surface area contributed by atoms with Gasteiger partial charge in [-0.1, -0.05) is 0 Å². The lowest BCUT2D eigenvalue weighted by molar-refractivity contribution is -0.140. The van der Waals surface area contributed by atoms with Crippen molar-refractivity contribution in [1.29, 1.82) is 0 Å². The van der Waals surface area contributed by atoms with Crippen LogP contribution in [0.1, 0.15) is 18.9 Å². The molecule has 3 aliphatic rings. The van der Waals surface area contributed by atoms with Gasteiger partial charge in [0.05, 0.1) is 17.7 Å². The fraction of sp³-hybridized carbons (Fsp3) is 0.600. The Kier molecular flexibility index (Phi) is 5.52. The first kappa shape index (κ1) is 20.8. The van der Waals surface area contributed by atoms with E-state index in [-0.39, 0.29) is 42.7 Å². The standard InChI is InChI=1S/C20H24F3N3O4/c1-12(30-15-4-2-14(3-5-15)20(21,22)23)13-8-26(9-13)19(28)25-7-6-17-16(10-25)24-18(27)11-29-17/h2-5,12-13,16-17H,6-11H2,1H3,(H,24,27)/t12-,16-,17+/m1/s1. The largest absolute Gasteiger partial charge is 0.490 e. The normalized spacial score (nSPS) is 25.8. The first-order chi connectivity index (χ1) is 14.2. The number of hydrogen-bond donors (Lipinski definition) is 1. The van der Waals surface area contributed by atoms with Crippen molar-refractivity contribution in [2.75, 3.05) is 32.8 Å². The lowest BCUT2D eigenvalue weighted by Crippen LogP contribution is -2.64. The smallest absolute Gasteiger partial charge is 0.416 e. The van der Waals surface area contributed by atoms with Gasteiger partial charge in [-0.3, -0.25) is 4.79 Å². The highest BCUT2D eigenvalue weighted by Crippen LogP contribution is 2.31. The second-order valence-corrected chi connectivity index (χ2v) is 8.05. The Balaban J connectivity index is 1.25. The molecule has 1 aromatic carbocycles. The second kappa shape index (κ2) is 7.98. The summed E-state index contributed by atoms with van der Waals surface area (Å²) in [5.74, 6) is 0.311. The number of piperidine rings is 1. The van der Waals surface area contributed by atoms with E-state index < -0.39 is 11.7 Å². The molecule has 0 bridgehead atoms. The minimum absolute atomic E-state index is 0.0481. The van der Waals surface area contributed by atoms with Crippen molar-refractivity contribution in [2.45, 2.75) is 37.8 Å². The van der Waals surface area contributed by atoms with E-state index in [9.17, 15) is 22.8 Å². The minimum Gasteiger partial charge on any atom is -0.490 e. The van der Waals surface area contributed by atoms with Crippen LogP contribution in [0.4, 0.5) is 18.0 Å². The summed E-state index contributed by atoms with van der Waals surface area (Å²) in [5, 5.41) is 2.88. The number of carbonyl (C=O) groups is 2. The lowest BCUT2D eigenvalue weighted by Gasteiger charge is -2.47. The number of carbonyl (C=O) groups excluding carboxylic acids is 2. The number of ether oxygens (including phenoxy) is 2. The maximum absolute atomic E-state index is 12.7. The van der Waals surface area contributed by atoms with Crippen LogP contribution in [0.25, 0.3) is 0 Å². The number of morpholine rings is 1. The number of fused-ring (bicyclic) bond motifs is 1. The molecule has 10 heteroatoms. The maximum Gasteiger partial charge on any atom is 0.416 e. The van der Waals surface area contributed by atoms with E-state index in [0.29, 0.717) is 38.3 Å². The molecule has 30 heavy (non-hydrogen) atoms. The fourth-order valence-corrected chi connectivity index (χ4v) is 4.07. The van der Waals surface area contributed by atoms with Crippen LogP contribution < -0.4 is 10.1 Å². The number of likely N-dealkylation sites (tertiary alicyclic amines) is 2. The summed E-state index contributed by atoms with van der Waals surface area (Å²) in [6.07, 6.45) is -3.97. The Morgan fingerprint density at radius 2 is 1.90 bits per heavy atom. The van der Waals surface area contributed by atoms with Crippen molar-refractivity contribution in [3.63, 3.8) is 0 Å². The summed E-state index contributed by atoms with van der Waals surface area (Å²) in [6.45, 7) is 3.97. The minimum atomic E-state index is -4.37. The molecule has 0 saturated carbocycles. The Morgan fingerprint density at radius 3 is 2.57 bits per heavy atom. The molecule has 1 N–H and O–H groups in total. The summed E-state index contributed by atoms with van der Waals surface area (Å²) in [6, 6.07) is 4.36. The monoisotopic (exact) mass is 427 g/mol. The Hall–Kier alpha value is -2.49. The SMILES string of the molecule is C[C@@H](Oc1ccc(C(F)(F)F)cc1)C1CN(C(=O)N2CC[C@@H]3OCC(=O)N[C@@H]3C2)C1. The van der Waals surface area contributed by atoms with Gasteiger partial charge in [0.15, 0.2) is 0 Å². The van der Waals surface area contributed by atoms with Crippen LogP contribution >= 0.6 is 0 Å². The highest BCUT2D eigenvalue weighted by Gasteiger charge is 2.41. The second-order valence-electron chi connectivity index (χ2n) is 8.05. The van der Waals surface area contributed by atoms with Gasteiger partial charge >= 0.3 is 12.2 Å². The lowest BCUT2D eigenvalue weighted by atomic mass is 9.94. The molecule has 3 heterocycles. The molecule has 164 valence electrons. The first-order valence-electron chi connectivity index (χ1n) is 9.99. The number of hydrogen-bond acceptors (Lipinski definition) is 4. The highest BCUT2D eigenvalue weighted by molar-refractivity contribution is 5.79. The van der Waals surface area contributed by atoms with Gasteiger partial charge in [0.2, 0.25) is 5.91 Å². The van der Waals surface area contributed by atoms with Crippen LogP contribution in [0.2, 0.25) is 0 Å². The topological polar surface area (TPSA) is 71.1 Å². The van der Waals surface area contributed by atoms with E-state index in [0.717, 1.165) is 12.1 Å². The number of halogens is 3. The van der Waals surface area contributed by atoms with Gasteiger partial charge in [-0.15, -0.1) is 0 Å². The number of benzene rings is 1. The summed E-state index contributed by atoms with van der Waals surface area (Å²) in [7, 11) is 0. The number of nitrogens with zero attached hydrogens (tertiary/aromatic N) is 2. The van der Waals surface area contributed by atoms with Gasteiger partial charge in [0, 0.05) is 32.1 Å². The summed E-state index contributed by atoms with van der Waals surface area (Å²) in [5.41, 5.74) is -0.716. The van der Waals surface area contributed by atoms with E-state index in [2.05, 4.69) is 5.32 Å². The third-order valence-corrected chi connectivity index (χ3v) is 5.94. The summed E-state index contributed by atoms with van der Waals surface area (Å²) < 4.78 is 49.2. The van der Waals surface area contributed by atoms with Crippen LogP contribution in [0.3, 0.4) is 0 Å². The molecule has 0 radical (unpaired) electrons. The van der Waals surface area contributed by atoms with Crippen molar-refractivity contribution in [3.05, 3.63) is 29.8 Å². The van der Waals surface area contributed by atoms with Crippen molar-refractivity contribution in [2.24, 2.45) is 5.92 Å². The van der Waals surface area contributed by atoms with Crippen LogP contribution in [0.15, 0.2) is 24.3 Å². The number of rotatable bonds is 3. The van der Waals surface area contributed by atoms with Gasteiger partial charge in [-0.05, 0) is 37.6 Å². The zero-order valence-corrected chi connectivity index (χ0v) is 16.5. The van der Waals surface area contributed by atoms with Gasteiger partial charge in [-0.25, -0.2) is 4.79 Å². The Labute approximate surface area is 172 Å². The van der Waals surface area contributed by atoms with Crippen molar-refractivity contribution in [3.8, 4) is 5.75 Å². The van der Waals surface area contributed by atoms with E-state index in [1.54, 1.807) is 9.80 Å². The summed E-state index contributed by atoms with van der Waals surface area (Å²) >= 11 is 0. The number of amides is 3. The van der Waals surface area contributed by atoms with Crippen LogP contribution in [0.5, 0.6) is 5.75 Å². The number of urea groups is 1. The van der Waals surface area contributed by atoms with E-state index in [1.165, 1.54) is 12.1 Å². The molecule has 3 atom stereocenters. The average molecular weight is 427 g/mol. The van der Waals surface area contributed by atoms with Crippen LogP contribution in [-0.4, -0.2) is 72.8 Å². The zero-order valence-electron chi connectivity index (χ0n) is 16.5. The van der Waals surface area contributed by atoms with Gasteiger partial charge in [0.25, 0.3) is 0 Å². The van der Waals surface area contributed by atoms with Gasteiger partial charge in [0.1, 0.15) is 18.5 Å². The third-order valence-electron chi connectivity index (χ3n) is 5.94. The van der Waals surface area contributed by atoms with E-state index in [4.69, 9.17) is 9.47 Å². The molecule has 0 aliphatic carbocycles. The molecule has 3 fully saturated rings. The van der Waals surface area contributed by atoms with Crippen LogP contribution in [0, 0.1) is 5.92 Å².